The van der Waals surface area contributed by atoms with Gasteiger partial charge in [0.2, 0.25) is 5.69 Å². The third-order valence-corrected chi connectivity index (χ3v) is 4.73. The molecule has 0 saturated carbocycles. The first-order chi connectivity index (χ1) is 16.3. The van der Waals surface area contributed by atoms with Gasteiger partial charge in [-0.2, -0.15) is 0 Å². The van der Waals surface area contributed by atoms with Crippen LogP contribution in [0.5, 0.6) is 0 Å². The van der Waals surface area contributed by atoms with Crippen molar-refractivity contribution in [1.82, 2.24) is 25.3 Å². The Labute approximate surface area is 189 Å². The number of nitro groups is 1. The van der Waals surface area contributed by atoms with E-state index in [1.54, 1.807) is 0 Å². The minimum absolute atomic E-state index is 0.00403. The Hall–Kier alpha value is -5.07. The zero-order chi connectivity index (χ0) is 24.2. The first-order valence-corrected chi connectivity index (χ1v) is 9.76. The summed E-state index contributed by atoms with van der Waals surface area (Å²) in [5, 5.41) is 23.3. The summed E-state index contributed by atoms with van der Waals surface area (Å²) >= 11 is 0. The Morgan fingerprint density at radius 1 is 1.18 bits per heavy atom. The van der Waals surface area contributed by atoms with E-state index in [0.29, 0.717) is 5.69 Å². The number of aromatic carboxylic acids is 1. The number of amides is 1. The van der Waals surface area contributed by atoms with Crippen LogP contribution in [0, 0.1) is 10.1 Å². The van der Waals surface area contributed by atoms with E-state index in [2.05, 4.69) is 25.3 Å². The monoisotopic (exact) mass is 464 g/mol. The van der Waals surface area contributed by atoms with Crippen molar-refractivity contribution < 1.29 is 24.4 Å². The van der Waals surface area contributed by atoms with Gasteiger partial charge in [-0.25, -0.2) is 19.6 Å². The van der Waals surface area contributed by atoms with Crippen LogP contribution in [0.2, 0.25) is 0 Å². The summed E-state index contributed by atoms with van der Waals surface area (Å²) in [5.74, 6) is -1.47. The number of carboxylic acids is 1. The van der Waals surface area contributed by atoms with Crippen molar-refractivity contribution in [3.8, 4) is 11.4 Å². The molecule has 13 heteroatoms. The zero-order valence-electron chi connectivity index (χ0n) is 17.3. The molecule has 1 amide bonds. The third kappa shape index (κ3) is 4.72. The molecule has 0 aliphatic carbocycles. The van der Waals surface area contributed by atoms with Gasteiger partial charge in [0.15, 0.2) is 0 Å². The van der Waals surface area contributed by atoms with Crippen LogP contribution in [-0.4, -0.2) is 42.0 Å². The maximum Gasteiger partial charge on any atom is 0.407 e. The van der Waals surface area contributed by atoms with Crippen LogP contribution < -0.4 is 10.9 Å². The summed E-state index contributed by atoms with van der Waals surface area (Å²) in [6, 6.07) is 11.6. The summed E-state index contributed by atoms with van der Waals surface area (Å²) in [6.07, 6.45) is 0.683. The lowest BCUT2D eigenvalue weighted by Crippen LogP contribution is -2.23. The van der Waals surface area contributed by atoms with Gasteiger partial charge in [0, 0.05) is 12.6 Å². The SMILES string of the molecule is O=C(NCc1ccccc1)OCc1cnc(-c2cc3nc(C(=O)O)c(=O)[nH]c3cc2[N+](=O)[O-])[nH]1. The normalized spacial score (nSPS) is 10.7. The minimum atomic E-state index is -1.54. The topological polar surface area (TPSA) is 193 Å². The van der Waals surface area contributed by atoms with Crippen molar-refractivity contribution in [1.29, 1.82) is 0 Å². The Morgan fingerprint density at radius 2 is 1.94 bits per heavy atom. The van der Waals surface area contributed by atoms with Crippen LogP contribution in [0.1, 0.15) is 21.7 Å². The Bertz CT molecular complexity index is 1460. The highest BCUT2D eigenvalue weighted by Crippen LogP contribution is 2.31. The molecule has 0 aliphatic rings. The molecule has 0 spiro atoms. The average Bonchev–Trinajstić information content (AvgIpc) is 3.29. The summed E-state index contributed by atoms with van der Waals surface area (Å²) in [7, 11) is 0. The number of H-pyrrole nitrogens is 2. The van der Waals surface area contributed by atoms with E-state index in [0.717, 1.165) is 11.6 Å². The molecule has 0 bridgehead atoms. The van der Waals surface area contributed by atoms with Gasteiger partial charge in [-0.1, -0.05) is 30.3 Å². The summed E-state index contributed by atoms with van der Waals surface area (Å²) in [4.78, 5) is 58.9. The fraction of sp³-hybridized carbons (Fsp3) is 0.0952. The molecule has 0 unspecified atom stereocenters. The molecule has 4 rings (SSSR count). The molecular weight excluding hydrogens is 448 g/mol. The fourth-order valence-electron chi connectivity index (χ4n) is 3.14. The first-order valence-electron chi connectivity index (χ1n) is 9.76. The lowest BCUT2D eigenvalue weighted by Gasteiger charge is -2.06. The number of carbonyl (C=O) groups excluding carboxylic acids is 1. The molecule has 34 heavy (non-hydrogen) atoms. The maximum absolute atomic E-state index is 11.9. The number of ether oxygens (including phenoxy) is 1. The molecule has 172 valence electrons. The van der Waals surface area contributed by atoms with E-state index in [1.807, 2.05) is 30.3 Å². The molecule has 13 nitrogen and oxygen atoms in total. The maximum atomic E-state index is 11.9. The van der Waals surface area contributed by atoms with Gasteiger partial charge in [0.25, 0.3) is 11.2 Å². The highest BCUT2D eigenvalue weighted by molar-refractivity contribution is 5.90. The fourth-order valence-corrected chi connectivity index (χ4v) is 3.14. The van der Waals surface area contributed by atoms with E-state index in [4.69, 9.17) is 9.84 Å². The van der Waals surface area contributed by atoms with Crippen molar-refractivity contribution >= 4 is 28.8 Å². The van der Waals surface area contributed by atoms with Gasteiger partial charge in [-0.15, -0.1) is 0 Å². The molecule has 2 aromatic heterocycles. The molecular formula is C21H16N6O7. The number of hydrogen-bond donors (Lipinski definition) is 4. The van der Waals surface area contributed by atoms with Crippen LogP contribution in [0.3, 0.4) is 0 Å². The van der Waals surface area contributed by atoms with Gasteiger partial charge in [0.1, 0.15) is 12.4 Å². The second kappa shape index (κ2) is 9.20. The van der Waals surface area contributed by atoms with Crippen LogP contribution in [-0.2, 0) is 17.9 Å². The standard InChI is InChI=1S/C21H16N6O7/c28-19-17(20(29)30)25-14-6-13(16(27(32)33)7-15(14)26-19)18-22-9-12(24-18)10-34-21(31)23-8-11-4-2-1-3-5-11/h1-7,9H,8,10H2,(H,22,24)(H,23,31)(H,26,28)(H,29,30). The number of aromatic amines is 2. The Kier molecular flexibility index (Phi) is 5.99. The predicted octanol–water partition coefficient (Wildman–Crippen LogP) is 2.35. The van der Waals surface area contributed by atoms with Crippen molar-refractivity contribution in [2.24, 2.45) is 0 Å². The molecule has 4 N–H and O–H groups in total. The number of hydrogen-bond acceptors (Lipinski definition) is 8. The smallest absolute Gasteiger partial charge is 0.407 e. The van der Waals surface area contributed by atoms with Crippen LogP contribution in [0.25, 0.3) is 22.4 Å². The van der Waals surface area contributed by atoms with Crippen LogP contribution >= 0.6 is 0 Å². The number of carbonyl (C=O) groups is 2. The molecule has 2 aromatic carbocycles. The van der Waals surface area contributed by atoms with Crippen LogP contribution in [0.4, 0.5) is 10.5 Å². The summed E-state index contributed by atoms with van der Waals surface area (Å²) in [6.45, 7) is 0.105. The van der Waals surface area contributed by atoms with E-state index in [-0.39, 0.29) is 35.6 Å². The third-order valence-electron chi connectivity index (χ3n) is 4.73. The Balaban J connectivity index is 1.54. The van der Waals surface area contributed by atoms with E-state index >= 15 is 0 Å². The van der Waals surface area contributed by atoms with E-state index in [9.17, 15) is 24.5 Å². The van der Waals surface area contributed by atoms with Crippen LogP contribution in [0.15, 0.2) is 53.5 Å². The van der Waals surface area contributed by atoms with Crippen molar-refractivity contribution in [2.45, 2.75) is 13.2 Å². The number of aromatic nitrogens is 4. The summed E-state index contributed by atoms with van der Waals surface area (Å²) in [5.41, 5.74) is -0.841. The predicted molar refractivity (Wildman–Crippen MR) is 117 cm³/mol. The number of alkyl carbamates (subject to hydrolysis) is 1. The van der Waals surface area contributed by atoms with Gasteiger partial charge in [-0.3, -0.25) is 14.9 Å². The van der Waals surface area contributed by atoms with Gasteiger partial charge in [-0.05, 0) is 11.6 Å². The number of nitrogens with one attached hydrogen (secondary N) is 3. The van der Waals surface area contributed by atoms with Crippen molar-refractivity contribution in [3.05, 3.63) is 86.1 Å². The number of benzene rings is 2. The molecule has 0 saturated heterocycles. The number of nitro benzene ring substituents is 1. The highest BCUT2D eigenvalue weighted by atomic mass is 16.6. The first kappa shape index (κ1) is 22.1. The molecule has 2 heterocycles. The molecule has 0 radical (unpaired) electrons. The lowest BCUT2D eigenvalue weighted by molar-refractivity contribution is -0.384. The van der Waals surface area contributed by atoms with E-state index < -0.39 is 33.9 Å². The molecule has 4 aromatic rings. The van der Waals surface area contributed by atoms with Crippen molar-refractivity contribution in [3.63, 3.8) is 0 Å². The van der Waals surface area contributed by atoms with Gasteiger partial charge < -0.3 is 25.1 Å². The quantitative estimate of drug-likeness (QED) is 0.234. The molecule has 0 atom stereocenters. The average molecular weight is 464 g/mol. The van der Waals surface area contributed by atoms with Gasteiger partial charge in [0.05, 0.1) is 33.4 Å². The molecule has 0 aliphatic heterocycles. The lowest BCUT2D eigenvalue weighted by atomic mass is 10.1. The minimum Gasteiger partial charge on any atom is -0.476 e. The number of rotatable bonds is 7. The van der Waals surface area contributed by atoms with Gasteiger partial charge >= 0.3 is 12.1 Å². The summed E-state index contributed by atoms with van der Waals surface area (Å²) < 4.78 is 5.13. The number of nitrogens with zero attached hydrogens (tertiary/aromatic N) is 3. The second-order valence-electron chi connectivity index (χ2n) is 7.04. The van der Waals surface area contributed by atoms with Crippen molar-refractivity contribution in [2.75, 3.05) is 0 Å². The number of fused-ring (bicyclic) bond motifs is 1. The Morgan fingerprint density at radius 3 is 2.65 bits per heavy atom. The van der Waals surface area contributed by atoms with E-state index in [1.165, 1.54) is 12.3 Å². The number of imidazole rings is 1. The highest BCUT2D eigenvalue weighted by Gasteiger charge is 2.22. The largest absolute Gasteiger partial charge is 0.476 e. The second-order valence-corrected chi connectivity index (χ2v) is 7.04. The molecule has 0 fully saturated rings. The number of carboxylic acid groups (broad SMARTS) is 1. The zero-order valence-corrected chi connectivity index (χ0v) is 17.3.